The van der Waals surface area contributed by atoms with Crippen molar-refractivity contribution in [3.8, 4) is 0 Å². The highest BCUT2D eigenvalue weighted by Crippen LogP contribution is 2.24. The second kappa shape index (κ2) is 4.63. The summed E-state index contributed by atoms with van der Waals surface area (Å²) in [6, 6.07) is 1.09. The van der Waals surface area contributed by atoms with Crippen LogP contribution < -0.4 is 5.69 Å². The van der Waals surface area contributed by atoms with Crippen molar-refractivity contribution in [3.63, 3.8) is 0 Å². The van der Waals surface area contributed by atoms with Gasteiger partial charge in [0.15, 0.2) is 10.0 Å². The van der Waals surface area contributed by atoms with Crippen molar-refractivity contribution in [1.82, 2.24) is 19.5 Å². The minimum absolute atomic E-state index is 0.154. The summed E-state index contributed by atoms with van der Waals surface area (Å²) in [5.41, 5.74) is -0.530. The van der Waals surface area contributed by atoms with E-state index in [4.69, 9.17) is 0 Å². The van der Waals surface area contributed by atoms with E-state index in [1.165, 1.54) is 12.4 Å². The van der Waals surface area contributed by atoms with Gasteiger partial charge in [0.1, 0.15) is 5.82 Å². The lowest BCUT2D eigenvalue weighted by molar-refractivity contribution is 0.454. The number of thiophene rings is 1. The van der Waals surface area contributed by atoms with Crippen LogP contribution in [0.1, 0.15) is 5.82 Å². The fraction of sp³-hybridized carbons (Fsp3) is 0.250. The Balaban J connectivity index is 2.26. The molecule has 0 saturated heterocycles. The molecular weight excluding hydrogens is 283 g/mol. The summed E-state index contributed by atoms with van der Waals surface area (Å²) in [7, 11) is -2.64. The molecule has 2 rings (SSSR count). The number of halogens is 1. The normalized spacial score (nSPS) is 12.2. The topological polar surface area (TPSA) is 98.9 Å². The smallest absolute Gasteiger partial charge is 0.292 e. The van der Waals surface area contributed by atoms with E-state index in [-0.39, 0.29) is 16.6 Å². The molecule has 0 unspecified atom stereocenters. The molecule has 2 aromatic rings. The van der Waals surface area contributed by atoms with Crippen molar-refractivity contribution in [3.05, 3.63) is 33.6 Å². The fourth-order valence-electron chi connectivity index (χ4n) is 1.28. The molecule has 0 amide bonds. The standard InChI is InChI=1S/C8H9FN4O3S2/c1-13(4-6-10-8(14)12-11-6)18(15,16)7-5(9)2-3-17-7/h2-3H,4H2,1H3,(H2,10,11,12,14). The molecule has 0 bridgehead atoms. The maximum absolute atomic E-state index is 13.3. The van der Waals surface area contributed by atoms with Crippen molar-refractivity contribution in [2.45, 2.75) is 10.8 Å². The summed E-state index contributed by atoms with van der Waals surface area (Å²) in [6.07, 6.45) is 0. The van der Waals surface area contributed by atoms with Crippen LogP contribution in [0, 0.1) is 5.82 Å². The predicted octanol–water partition coefficient (Wildman–Crippen LogP) is 0.119. The van der Waals surface area contributed by atoms with E-state index in [0.29, 0.717) is 0 Å². The molecule has 0 saturated carbocycles. The van der Waals surface area contributed by atoms with Gasteiger partial charge < -0.3 is 0 Å². The first kappa shape index (κ1) is 12.9. The first-order valence-electron chi connectivity index (χ1n) is 4.74. The molecule has 2 aromatic heterocycles. The van der Waals surface area contributed by atoms with E-state index in [1.54, 1.807) is 0 Å². The number of aromatic amines is 2. The molecular formula is C8H9FN4O3S2. The van der Waals surface area contributed by atoms with E-state index in [0.717, 1.165) is 21.7 Å². The Kier molecular flexibility index (Phi) is 3.32. The van der Waals surface area contributed by atoms with Gasteiger partial charge in [0, 0.05) is 7.05 Å². The molecule has 98 valence electrons. The van der Waals surface area contributed by atoms with Crippen LogP contribution in [0.4, 0.5) is 4.39 Å². The van der Waals surface area contributed by atoms with Crippen LogP contribution in [-0.4, -0.2) is 35.0 Å². The third-order valence-corrected chi connectivity index (χ3v) is 5.37. The Bertz CT molecular complexity index is 702. The number of sulfonamides is 1. The Hall–Kier alpha value is -1.52. The number of nitrogens with one attached hydrogen (secondary N) is 2. The van der Waals surface area contributed by atoms with E-state index in [1.807, 2.05) is 0 Å². The van der Waals surface area contributed by atoms with Gasteiger partial charge in [-0.05, 0) is 11.4 Å². The number of H-pyrrole nitrogens is 2. The van der Waals surface area contributed by atoms with Gasteiger partial charge >= 0.3 is 5.69 Å². The first-order chi connectivity index (χ1) is 8.41. The maximum atomic E-state index is 13.3. The van der Waals surface area contributed by atoms with Crippen LogP contribution in [0.25, 0.3) is 0 Å². The summed E-state index contributed by atoms with van der Waals surface area (Å²) >= 11 is 0.796. The largest absolute Gasteiger partial charge is 0.340 e. The Labute approximate surface area is 105 Å². The lowest BCUT2D eigenvalue weighted by Crippen LogP contribution is -2.27. The van der Waals surface area contributed by atoms with Crippen molar-refractivity contribution < 1.29 is 12.8 Å². The van der Waals surface area contributed by atoms with Crippen LogP contribution in [-0.2, 0) is 16.6 Å². The number of rotatable bonds is 4. The SMILES string of the molecule is CN(Cc1n[nH]c(=O)[nH]1)S(=O)(=O)c1sccc1F. The highest BCUT2D eigenvalue weighted by atomic mass is 32.2. The van der Waals surface area contributed by atoms with Gasteiger partial charge in [0.2, 0.25) is 0 Å². The van der Waals surface area contributed by atoms with Gasteiger partial charge in [-0.25, -0.2) is 22.7 Å². The fourth-order valence-corrected chi connectivity index (χ4v) is 3.70. The maximum Gasteiger partial charge on any atom is 0.340 e. The van der Waals surface area contributed by atoms with Crippen molar-refractivity contribution in [2.24, 2.45) is 0 Å². The molecule has 0 spiro atoms. The molecule has 10 heteroatoms. The molecule has 0 aliphatic heterocycles. The molecule has 2 heterocycles. The van der Waals surface area contributed by atoms with Crippen molar-refractivity contribution in [1.29, 1.82) is 0 Å². The van der Waals surface area contributed by atoms with Crippen LogP contribution in [0.15, 0.2) is 20.5 Å². The van der Waals surface area contributed by atoms with Gasteiger partial charge in [0.25, 0.3) is 10.0 Å². The molecule has 0 aliphatic carbocycles. The van der Waals surface area contributed by atoms with Crippen LogP contribution in [0.5, 0.6) is 0 Å². The predicted molar refractivity (Wildman–Crippen MR) is 62.1 cm³/mol. The van der Waals surface area contributed by atoms with Crippen molar-refractivity contribution in [2.75, 3.05) is 7.05 Å². The third-order valence-electron chi connectivity index (χ3n) is 2.15. The van der Waals surface area contributed by atoms with Gasteiger partial charge in [-0.2, -0.15) is 9.40 Å². The Morgan fingerprint density at radius 1 is 1.56 bits per heavy atom. The summed E-state index contributed by atoms with van der Waals surface area (Å²) < 4.78 is 37.8. The highest BCUT2D eigenvalue weighted by molar-refractivity contribution is 7.91. The van der Waals surface area contributed by atoms with Crippen molar-refractivity contribution >= 4 is 21.4 Å². The lowest BCUT2D eigenvalue weighted by Gasteiger charge is -2.14. The minimum Gasteiger partial charge on any atom is -0.292 e. The zero-order chi connectivity index (χ0) is 13.3. The number of nitrogens with zero attached hydrogens (tertiary/aromatic N) is 2. The molecule has 0 aromatic carbocycles. The summed E-state index contributed by atoms with van der Waals surface area (Å²) in [5.74, 6) is -0.634. The third kappa shape index (κ3) is 2.35. The van der Waals surface area contributed by atoms with Gasteiger partial charge in [-0.15, -0.1) is 11.3 Å². The average molecular weight is 292 g/mol. The average Bonchev–Trinajstić information content (AvgIpc) is 2.87. The second-order valence-electron chi connectivity index (χ2n) is 3.44. The van der Waals surface area contributed by atoms with E-state index in [2.05, 4.69) is 15.2 Å². The van der Waals surface area contributed by atoms with Gasteiger partial charge in [0.05, 0.1) is 6.54 Å². The highest BCUT2D eigenvalue weighted by Gasteiger charge is 2.26. The summed E-state index contributed by atoms with van der Waals surface area (Å²) in [6.45, 7) is -0.154. The van der Waals surface area contributed by atoms with E-state index >= 15 is 0 Å². The second-order valence-corrected chi connectivity index (χ2v) is 6.60. The quantitative estimate of drug-likeness (QED) is 0.836. The molecule has 18 heavy (non-hydrogen) atoms. The number of hydrogen-bond donors (Lipinski definition) is 2. The van der Waals surface area contributed by atoms with Gasteiger partial charge in [-0.1, -0.05) is 0 Å². The van der Waals surface area contributed by atoms with Crippen LogP contribution >= 0.6 is 11.3 Å². The van der Waals surface area contributed by atoms with Gasteiger partial charge in [-0.3, -0.25) is 4.98 Å². The molecule has 2 N–H and O–H groups in total. The minimum atomic E-state index is -3.91. The molecule has 0 fully saturated rings. The molecule has 0 atom stereocenters. The summed E-state index contributed by atoms with van der Waals surface area (Å²) in [5, 5.41) is 7.05. The van der Waals surface area contributed by atoms with E-state index in [9.17, 15) is 17.6 Å². The zero-order valence-corrected chi connectivity index (χ0v) is 10.8. The summed E-state index contributed by atoms with van der Waals surface area (Å²) in [4.78, 5) is 13.1. The molecule has 0 radical (unpaired) electrons. The molecule has 7 nitrogen and oxygen atoms in total. The zero-order valence-electron chi connectivity index (χ0n) is 9.18. The van der Waals surface area contributed by atoms with Crippen LogP contribution in [0.2, 0.25) is 0 Å². The van der Waals surface area contributed by atoms with Crippen LogP contribution in [0.3, 0.4) is 0 Å². The molecule has 0 aliphatic rings. The lowest BCUT2D eigenvalue weighted by atomic mass is 10.6. The Morgan fingerprint density at radius 2 is 2.28 bits per heavy atom. The number of aromatic nitrogens is 3. The number of hydrogen-bond acceptors (Lipinski definition) is 5. The first-order valence-corrected chi connectivity index (χ1v) is 7.06. The van der Waals surface area contributed by atoms with E-state index < -0.39 is 21.5 Å². The Morgan fingerprint density at radius 3 is 2.78 bits per heavy atom. The monoisotopic (exact) mass is 292 g/mol.